The van der Waals surface area contributed by atoms with E-state index in [4.69, 9.17) is 0 Å². The van der Waals surface area contributed by atoms with Gasteiger partial charge in [-0.05, 0) is 50.0 Å². The van der Waals surface area contributed by atoms with Crippen LogP contribution in [0.3, 0.4) is 0 Å². The van der Waals surface area contributed by atoms with Crippen LogP contribution in [-0.2, 0) is 0 Å². The molecule has 4 aromatic heterocycles. The number of fused-ring (bicyclic) bond motifs is 1. The van der Waals surface area contributed by atoms with Gasteiger partial charge in [-0.25, -0.2) is 9.97 Å². The Labute approximate surface area is 173 Å². The highest BCUT2D eigenvalue weighted by molar-refractivity contribution is 5.84. The molecule has 0 aromatic carbocycles. The predicted molar refractivity (Wildman–Crippen MR) is 113 cm³/mol. The van der Waals surface area contributed by atoms with E-state index in [1.165, 1.54) is 0 Å². The molecule has 0 radical (unpaired) electrons. The predicted octanol–water partition coefficient (Wildman–Crippen LogP) is 2.65. The number of nitrogens with one attached hydrogen (secondary N) is 2. The Morgan fingerprint density at radius 1 is 1.10 bits per heavy atom. The molecule has 152 valence electrons. The molecule has 1 fully saturated rings. The number of H-pyrrole nitrogens is 1. The number of nitrogens with zero attached hydrogens (tertiary/aromatic N) is 6. The third kappa shape index (κ3) is 3.67. The maximum atomic E-state index is 10.3. The van der Waals surface area contributed by atoms with Gasteiger partial charge in [-0.15, -0.1) is 0 Å². The van der Waals surface area contributed by atoms with E-state index in [2.05, 4.69) is 40.3 Å². The molecule has 1 aliphatic heterocycles. The number of aromatic hydroxyl groups is 1. The van der Waals surface area contributed by atoms with Gasteiger partial charge in [0.25, 0.3) is 0 Å². The Hall–Kier alpha value is -3.59. The Kier molecular flexibility index (Phi) is 4.94. The van der Waals surface area contributed by atoms with Crippen molar-refractivity contribution in [1.82, 2.24) is 35.5 Å². The van der Waals surface area contributed by atoms with E-state index in [9.17, 15) is 5.11 Å². The Balaban J connectivity index is 1.52. The van der Waals surface area contributed by atoms with Gasteiger partial charge >= 0.3 is 0 Å². The smallest absolute Gasteiger partial charge is 0.222 e. The van der Waals surface area contributed by atoms with Crippen LogP contribution in [0.15, 0.2) is 49.2 Å². The molecule has 9 nitrogen and oxygen atoms in total. The zero-order valence-corrected chi connectivity index (χ0v) is 16.4. The average Bonchev–Trinajstić information content (AvgIpc) is 3.33. The molecule has 0 aliphatic carbocycles. The van der Waals surface area contributed by atoms with Gasteiger partial charge in [-0.2, -0.15) is 10.1 Å². The number of pyridine rings is 2. The molecule has 1 aliphatic rings. The van der Waals surface area contributed by atoms with Crippen LogP contribution in [0.25, 0.3) is 22.3 Å². The molecule has 5 heterocycles. The lowest BCUT2D eigenvalue weighted by Crippen LogP contribution is -2.34. The summed E-state index contributed by atoms with van der Waals surface area (Å²) < 4.78 is 0. The summed E-state index contributed by atoms with van der Waals surface area (Å²) in [4.78, 5) is 19.8. The van der Waals surface area contributed by atoms with Gasteiger partial charge in [0.05, 0.1) is 29.0 Å². The second-order valence-corrected chi connectivity index (χ2v) is 7.43. The summed E-state index contributed by atoms with van der Waals surface area (Å²) in [5, 5.41) is 21.3. The maximum absolute atomic E-state index is 10.3. The third-order valence-electron chi connectivity index (χ3n) is 5.45. The standard InChI is InChI=1S/C21H22N8O/c30-21-17-4-7-23-12-18(17)27-20(28-21)15-3-8-24-19(9-15)29(16-10-25-26-11-16)13-14-1-5-22-6-2-14/h3-4,7-12,14,22H,1-2,5-6,13H2,(H,25,26)(H,27,28,30). The summed E-state index contributed by atoms with van der Waals surface area (Å²) in [6.45, 7) is 2.93. The number of hydrogen-bond acceptors (Lipinski definition) is 8. The van der Waals surface area contributed by atoms with Crippen LogP contribution in [0.4, 0.5) is 11.5 Å². The fourth-order valence-corrected chi connectivity index (χ4v) is 3.84. The third-order valence-corrected chi connectivity index (χ3v) is 5.45. The summed E-state index contributed by atoms with van der Waals surface area (Å²) in [6.07, 6.45) is 10.9. The van der Waals surface area contributed by atoms with E-state index in [0.29, 0.717) is 22.6 Å². The summed E-state index contributed by atoms with van der Waals surface area (Å²) in [6, 6.07) is 5.50. The lowest BCUT2D eigenvalue weighted by Gasteiger charge is -2.30. The first kappa shape index (κ1) is 18.4. The molecule has 1 saturated heterocycles. The lowest BCUT2D eigenvalue weighted by molar-refractivity contribution is 0.380. The summed E-state index contributed by atoms with van der Waals surface area (Å²) >= 11 is 0. The van der Waals surface area contributed by atoms with Crippen molar-refractivity contribution < 1.29 is 5.11 Å². The van der Waals surface area contributed by atoms with E-state index in [1.807, 2.05) is 18.3 Å². The van der Waals surface area contributed by atoms with Crippen LogP contribution in [0.5, 0.6) is 5.88 Å². The highest BCUT2D eigenvalue weighted by Crippen LogP contribution is 2.30. The maximum Gasteiger partial charge on any atom is 0.222 e. The first-order valence-corrected chi connectivity index (χ1v) is 10.0. The Bertz CT molecular complexity index is 1140. The first-order chi connectivity index (χ1) is 14.8. The molecular formula is C21H22N8O. The van der Waals surface area contributed by atoms with Crippen LogP contribution >= 0.6 is 0 Å². The fraction of sp³-hybridized carbons (Fsp3) is 0.286. The average molecular weight is 402 g/mol. The van der Waals surface area contributed by atoms with E-state index in [-0.39, 0.29) is 5.88 Å². The molecule has 0 unspecified atom stereocenters. The van der Waals surface area contributed by atoms with E-state index >= 15 is 0 Å². The fourth-order valence-electron chi connectivity index (χ4n) is 3.84. The Morgan fingerprint density at radius 3 is 2.83 bits per heavy atom. The topological polar surface area (TPSA) is 116 Å². The SMILES string of the molecule is Oc1nc(-c2ccnc(N(CC3CCNCC3)c3cn[nH]c3)c2)nc2cnccc12. The molecule has 30 heavy (non-hydrogen) atoms. The van der Waals surface area contributed by atoms with Crippen molar-refractivity contribution in [2.75, 3.05) is 24.5 Å². The number of aromatic nitrogens is 6. The monoisotopic (exact) mass is 402 g/mol. The van der Waals surface area contributed by atoms with Gasteiger partial charge < -0.3 is 15.3 Å². The van der Waals surface area contributed by atoms with E-state index in [1.54, 1.807) is 30.9 Å². The number of aromatic amines is 1. The molecule has 0 saturated carbocycles. The molecule has 0 bridgehead atoms. The van der Waals surface area contributed by atoms with E-state index in [0.717, 1.165) is 49.5 Å². The van der Waals surface area contributed by atoms with Crippen molar-refractivity contribution in [3.63, 3.8) is 0 Å². The lowest BCUT2D eigenvalue weighted by atomic mass is 9.97. The van der Waals surface area contributed by atoms with Crippen molar-refractivity contribution in [2.45, 2.75) is 12.8 Å². The van der Waals surface area contributed by atoms with Crippen LogP contribution in [-0.4, -0.2) is 54.9 Å². The summed E-state index contributed by atoms with van der Waals surface area (Å²) in [5.74, 6) is 1.74. The minimum atomic E-state index is -0.0582. The van der Waals surface area contributed by atoms with Crippen molar-refractivity contribution in [2.24, 2.45) is 5.92 Å². The number of rotatable bonds is 5. The number of hydrogen-bond donors (Lipinski definition) is 3. The minimum Gasteiger partial charge on any atom is -0.493 e. The van der Waals surface area contributed by atoms with E-state index < -0.39 is 0 Å². The molecule has 0 spiro atoms. The summed E-state index contributed by atoms with van der Waals surface area (Å²) in [7, 11) is 0. The molecule has 3 N–H and O–H groups in total. The second kappa shape index (κ2) is 8.03. The van der Waals surface area contributed by atoms with Gasteiger partial charge in [0.2, 0.25) is 5.88 Å². The number of anilines is 2. The molecular weight excluding hydrogens is 380 g/mol. The zero-order valence-electron chi connectivity index (χ0n) is 16.4. The van der Waals surface area contributed by atoms with Crippen LogP contribution < -0.4 is 10.2 Å². The molecule has 5 rings (SSSR count). The van der Waals surface area contributed by atoms with Gasteiger partial charge in [-0.1, -0.05) is 0 Å². The quantitative estimate of drug-likeness (QED) is 0.467. The van der Waals surface area contributed by atoms with Crippen molar-refractivity contribution >= 4 is 22.4 Å². The number of piperidine rings is 1. The highest BCUT2D eigenvalue weighted by Gasteiger charge is 2.21. The summed E-state index contributed by atoms with van der Waals surface area (Å²) in [5.41, 5.74) is 2.34. The normalized spacial score (nSPS) is 14.8. The van der Waals surface area contributed by atoms with Gasteiger partial charge in [-0.3, -0.25) is 10.1 Å². The van der Waals surface area contributed by atoms with Crippen LogP contribution in [0.1, 0.15) is 12.8 Å². The van der Waals surface area contributed by atoms with Gasteiger partial charge in [0.15, 0.2) is 5.82 Å². The van der Waals surface area contributed by atoms with Crippen LogP contribution in [0.2, 0.25) is 0 Å². The second-order valence-electron chi connectivity index (χ2n) is 7.43. The molecule has 0 amide bonds. The Morgan fingerprint density at radius 2 is 2.00 bits per heavy atom. The largest absolute Gasteiger partial charge is 0.493 e. The molecule has 4 aromatic rings. The van der Waals surface area contributed by atoms with Crippen LogP contribution in [0, 0.1) is 5.92 Å². The van der Waals surface area contributed by atoms with Crippen molar-refractivity contribution in [3.8, 4) is 17.3 Å². The molecule has 0 atom stereocenters. The highest BCUT2D eigenvalue weighted by atomic mass is 16.3. The van der Waals surface area contributed by atoms with Crippen molar-refractivity contribution in [3.05, 3.63) is 49.2 Å². The minimum absolute atomic E-state index is 0.0582. The van der Waals surface area contributed by atoms with Gasteiger partial charge in [0, 0.05) is 30.7 Å². The first-order valence-electron chi connectivity index (χ1n) is 10.0. The molecule has 9 heteroatoms. The van der Waals surface area contributed by atoms with Gasteiger partial charge in [0.1, 0.15) is 5.82 Å². The zero-order chi connectivity index (χ0) is 20.3. The van der Waals surface area contributed by atoms with Crippen molar-refractivity contribution in [1.29, 1.82) is 0 Å².